The van der Waals surface area contributed by atoms with Crippen molar-refractivity contribution in [3.63, 3.8) is 0 Å². The lowest BCUT2D eigenvalue weighted by Gasteiger charge is -2.13. The fourth-order valence-electron chi connectivity index (χ4n) is 1.48. The van der Waals surface area contributed by atoms with Crippen molar-refractivity contribution in [3.05, 3.63) is 35.4 Å². The molecule has 17 heavy (non-hydrogen) atoms. The number of benzene rings is 1. The standard InChI is InChI=1S/C13H20N2O2/c1-9-3-5-11(6-4-9)12(16)8-15-13(17)7-10(2)14/h3-6,10,12,16H,7-8,14H2,1-2H3,(H,15,17). The van der Waals surface area contributed by atoms with Gasteiger partial charge < -0.3 is 16.2 Å². The predicted octanol–water partition coefficient (Wildman–Crippen LogP) is 0.882. The zero-order valence-corrected chi connectivity index (χ0v) is 10.3. The van der Waals surface area contributed by atoms with Gasteiger partial charge in [-0.15, -0.1) is 0 Å². The summed E-state index contributed by atoms with van der Waals surface area (Å²) in [5, 5.41) is 12.5. The van der Waals surface area contributed by atoms with Crippen LogP contribution >= 0.6 is 0 Å². The molecule has 1 aromatic carbocycles. The molecule has 0 fully saturated rings. The monoisotopic (exact) mass is 236 g/mol. The van der Waals surface area contributed by atoms with Crippen molar-refractivity contribution >= 4 is 5.91 Å². The third kappa shape index (κ3) is 4.97. The molecular weight excluding hydrogens is 216 g/mol. The summed E-state index contributed by atoms with van der Waals surface area (Å²) >= 11 is 0. The van der Waals surface area contributed by atoms with E-state index < -0.39 is 6.10 Å². The van der Waals surface area contributed by atoms with Crippen LogP contribution in [0.25, 0.3) is 0 Å². The van der Waals surface area contributed by atoms with Gasteiger partial charge in [0.1, 0.15) is 0 Å². The Morgan fingerprint density at radius 1 is 1.41 bits per heavy atom. The Morgan fingerprint density at radius 3 is 2.53 bits per heavy atom. The molecule has 94 valence electrons. The predicted molar refractivity (Wildman–Crippen MR) is 67.4 cm³/mol. The Morgan fingerprint density at radius 2 is 2.00 bits per heavy atom. The normalized spacial score (nSPS) is 14.1. The summed E-state index contributed by atoms with van der Waals surface area (Å²) in [4.78, 5) is 11.3. The maximum absolute atomic E-state index is 11.3. The first-order valence-corrected chi connectivity index (χ1v) is 5.76. The molecule has 0 aliphatic rings. The van der Waals surface area contributed by atoms with Crippen LogP contribution in [0.2, 0.25) is 0 Å². The molecule has 1 rings (SSSR count). The van der Waals surface area contributed by atoms with Gasteiger partial charge in [-0.3, -0.25) is 4.79 Å². The van der Waals surface area contributed by atoms with Crippen molar-refractivity contribution in [2.75, 3.05) is 6.54 Å². The van der Waals surface area contributed by atoms with Crippen LogP contribution in [0.15, 0.2) is 24.3 Å². The summed E-state index contributed by atoms with van der Waals surface area (Å²) in [7, 11) is 0. The van der Waals surface area contributed by atoms with Crippen molar-refractivity contribution < 1.29 is 9.90 Å². The Kier molecular flexibility index (Phi) is 5.12. The second-order valence-electron chi connectivity index (χ2n) is 4.41. The number of hydrogen-bond acceptors (Lipinski definition) is 3. The van der Waals surface area contributed by atoms with Crippen LogP contribution in [0.3, 0.4) is 0 Å². The van der Waals surface area contributed by atoms with Crippen molar-refractivity contribution in [1.82, 2.24) is 5.32 Å². The van der Waals surface area contributed by atoms with Gasteiger partial charge in [-0.25, -0.2) is 0 Å². The number of rotatable bonds is 5. The zero-order chi connectivity index (χ0) is 12.8. The van der Waals surface area contributed by atoms with Crippen molar-refractivity contribution in [1.29, 1.82) is 0 Å². The maximum Gasteiger partial charge on any atom is 0.221 e. The molecule has 0 aromatic heterocycles. The van der Waals surface area contributed by atoms with Crippen molar-refractivity contribution in [3.8, 4) is 0 Å². The molecule has 2 unspecified atom stereocenters. The average molecular weight is 236 g/mol. The highest BCUT2D eigenvalue weighted by molar-refractivity contribution is 5.76. The molecule has 0 spiro atoms. The van der Waals surface area contributed by atoms with Crippen LogP contribution in [0.5, 0.6) is 0 Å². The summed E-state index contributed by atoms with van der Waals surface area (Å²) in [5.74, 6) is -0.133. The number of amides is 1. The van der Waals surface area contributed by atoms with E-state index in [-0.39, 0.29) is 24.9 Å². The summed E-state index contributed by atoms with van der Waals surface area (Å²) in [6, 6.07) is 7.42. The Balaban J connectivity index is 2.42. The Labute approximate surface area is 102 Å². The molecule has 0 bridgehead atoms. The second kappa shape index (κ2) is 6.37. The highest BCUT2D eigenvalue weighted by Gasteiger charge is 2.10. The number of hydrogen-bond donors (Lipinski definition) is 3. The van der Waals surface area contributed by atoms with Crippen LogP contribution in [-0.2, 0) is 4.79 Å². The highest BCUT2D eigenvalue weighted by atomic mass is 16.3. The largest absolute Gasteiger partial charge is 0.387 e. The minimum Gasteiger partial charge on any atom is -0.387 e. The maximum atomic E-state index is 11.3. The van der Waals surface area contributed by atoms with E-state index in [2.05, 4.69) is 5.32 Å². The number of aryl methyl sites for hydroxylation is 1. The van der Waals surface area contributed by atoms with Gasteiger partial charge in [0.15, 0.2) is 0 Å². The third-order valence-corrected chi connectivity index (χ3v) is 2.46. The van der Waals surface area contributed by atoms with Gasteiger partial charge in [0.05, 0.1) is 6.10 Å². The molecule has 0 saturated carbocycles. The van der Waals surface area contributed by atoms with Gasteiger partial charge in [0, 0.05) is 19.0 Å². The molecule has 0 heterocycles. The van der Waals surface area contributed by atoms with Gasteiger partial charge in [0.25, 0.3) is 0 Å². The summed E-state index contributed by atoms with van der Waals surface area (Å²) < 4.78 is 0. The fourth-order valence-corrected chi connectivity index (χ4v) is 1.48. The van der Waals surface area contributed by atoms with Crippen LogP contribution < -0.4 is 11.1 Å². The zero-order valence-electron chi connectivity index (χ0n) is 10.3. The van der Waals surface area contributed by atoms with Crippen molar-refractivity contribution in [2.24, 2.45) is 5.73 Å². The van der Waals surface area contributed by atoms with E-state index in [0.717, 1.165) is 11.1 Å². The van der Waals surface area contributed by atoms with Crippen molar-refractivity contribution in [2.45, 2.75) is 32.4 Å². The quantitative estimate of drug-likeness (QED) is 0.710. The number of aliphatic hydroxyl groups excluding tert-OH is 1. The molecule has 1 amide bonds. The smallest absolute Gasteiger partial charge is 0.221 e. The van der Waals surface area contributed by atoms with Crippen LogP contribution in [-0.4, -0.2) is 23.6 Å². The number of nitrogens with one attached hydrogen (secondary N) is 1. The SMILES string of the molecule is Cc1ccc(C(O)CNC(=O)CC(C)N)cc1. The molecule has 2 atom stereocenters. The van der Waals surface area contributed by atoms with Crippen LogP contribution in [0, 0.1) is 6.92 Å². The van der Waals surface area contributed by atoms with Crippen LogP contribution in [0.4, 0.5) is 0 Å². The van der Waals surface area contributed by atoms with E-state index >= 15 is 0 Å². The molecule has 0 saturated heterocycles. The number of carbonyl (C=O) groups excluding carboxylic acids is 1. The molecule has 0 aliphatic heterocycles. The first-order chi connectivity index (χ1) is 7.99. The number of nitrogens with two attached hydrogens (primary N) is 1. The molecule has 4 N–H and O–H groups in total. The lowest BCUT2D eigenvalue weighted by Crippen LogP contribution is -2.32. The van der Waals surface area contributed by atoms with E-state index in [1.807, 2.05) is 31.2 Å². The minimum absolute atomic E-state index is 0.133. The molecule has 0 radical (unpaired) electrons. The van der Waals surface area contributed by atoms with Crippen LogP contribution in [0.1, 0.15) is 30.6 Å². The van der Waals surface area contributed by atoms with Gasteiger partial charge in [-0.05, 0) is 19.4 Å². The summed E-state index contributed by atoms with van der Waals surface area (Å²) in [6.45, 7) is 3.98. The second-order valence-corrected chi connectivity index (χ2v) is 4.41. The Hall–Kier alpha value is -1.39. The minimum atomic E-state index is -0.673. The van der Waals surface area contributed by atoms with E-state index in [4.69, 9.17) is 5.73 Å². The third-order valence-electron chi connectivity index (χ3n) is 2.46. The first-order valence-electron chi connectivity index (χ1n) is 5.76. The van der Waals surface area contributed by atoms with Gasteiger partial charge >= 0.3 is 0 Å². The first kappa shape index (κ1) is 13.7. The van der Waals surface area contributed by atoms with Gasteiger partial charge in [-0.1, -0.05) is 29.8 Å². The molecular formula is C13H20N2O2. The lowest BCUT2D eigenvalue weighted by atomic mass is 10.1. The average Bonchev–Trinajstić information content (AvgIpc) is 2.26. The molecule has 4 nitrogen and oxygen atoms in total. The molecule has 0 aliphatic carbocycles. The molecule has 4 heteroatoms. The number of aliphatic hydroxyl groups is 1. The van der Waals surface area contributed by atoms with E-state index in [0.29, 0.717) is 0 Å². The number of carbonyl (C=O) groups is 1. The summed E-state index contributed by atoms with van der Waals surface area (Å²) in [6.07, 6.45) is -0.395. The topological polar surface area (TPSA) is 75.3 Å². The summed E-state index contributed by atoms with van der Waals surface area (Å²) in [5.41, 5.74) is 7.45. The molecule has 1 aromatic rings. The highest BCUT2D eigenvalue weighted by Crippen LogP contribution is 2.12. The Bertz CT molecular complexity index is 360. The fraction of sp³-hybridized carbons (Fsp3) is 0.462. The van der Waals surface area contributed by atoms with E-state index in [1.165, 1.54) is 0 Å². The van der Waals surface area contributed by atoms with Gasteiger partial charge in [0.2, 0.25) is 5.91 Å². The van der Waals surface area contributed by atoms with E-state index in [1.54, 1.807) is 6.92 Å². The lowest BCUT2D eigenvalue weighted by molar-refractivity contribution is -0.121. The van der Waals surface area contributed by atoms with E-state index in [9.17, 15) is 9.90 Å². The van der Waals surface area contributed by atoms with Gasteiger partial charge in [-0.2, -0.15) is 0 Å².